The number of para-hydroxylation sites is 1. The number of anilines is 1. The van der Waals surface area contributed by atoms with Gasteiger partial charge in [-0.1, -0.05) is 18.2 Å². The molecule has 0 radical (unpaired) electrons. The zero-order chi connectivity index (χ0) is 19.2. The molecule has 1 atom stereocenters. The molecule has 1 aliphatic rings. The Hall–Kier alpha value is -3.55. The fourth-order valence-corrected chi connectivity index (χ4v) is 2.46. The van der Waals surface area contributed by atoms with Crippen LogP contribution in [-0.4, -0.2) is 30.9 Å². The molecule has 140 valence electrons. The number of furan rings is 1. The van der Waals surface area contributed by atoms with Crippen molar-refractivity contribution < 1.29 is 28.3 Å². The van der Waals surface area contributed by atoms with Gasteiger partial charge >= 0.3 is 5.97 Å². The lowest BCUT2D eigenvalue weighted by atomic mass is 10.2. The second-order valence-corrected chi connectivity index (χ2v) is 5.79. The maximum Gasteiger partial charge on any atom is 0.347 e. The van der Waals surface area contributed by atoms with Crippen molar-refractivity contribution in [1.29, 1.82) is 0 Å². The normalized spacial score (nSPS) is 14.5. The predicted octanol–water partition coefficient (Wildman–Crippen LogP) is 1.92. The van der Waals surface area contributed by atoms with E-state index in [9.17, 15) is 14.4 Å². The first-order valence-electron chi connectivity index (χ1n) is 8.27. The Kier molecular flexibility index (Phi) is 5.55. The molecule has 27 heavy (non-hydrogen) atoms. The zero-order valence-corrected chi connectivity index (χ0v) is 14.6. The Labute approximate surface area is 155 Å². The third-order valence-corrected chi connectivity index (χ3v) is 3.77. The van der Waals surface area contributed by atoms with Crippen molar-refractivity contribution in [3.05, 3.63) is 65.9 Å². The molecule has 0 aliphatic carbocycles. The van der Waals surface area contributed by atoms with Gasteiger partial charge in [-0.2, -0.15) is 0 Å². The summed E-state index contributed by atoms with van der Waals surface area (Å²) >= 11 is 0. The van der Waals surface area contributed by atoms with Gasteiger partial charge in [-0.3, -0.25) is 9.59 Å². The summed E-state index contributed by atoms with van der Waals surface area (Å²) in [4.78, 5) is 36.2. The summed E-state index contributed by atoms with van der Waals surface area (Å²) in [6.07, 6.45) is 1.50. The van der Waals surface area contributed by atoms with Crippen molar-refractivity contribution in [3.8, 4) is 0 Å². The second kappa shape index (κ2) is 8.22. The summed E-state index contributed by atoms with van der Waals surface area (Å²) < 4.78 is 15.4. The van der Waals surface area contributed by atoms with E-state index in [2.05, 4.69) is 10.6 Å². The topological polar surface area (TPSA) is 107 Å². The van der Waals surface area contributed by atoms with Crippen molar-refractivity contribution >= 4 is 23.3 Å². The number of carbonyl (C=O) groups excluding carboxylic acids is 3. The SMILES string of the molecule is C[C@H](NC(=O)COC(=O)C1=C(Nc2ccccc2)OCC1=O)c1ccco1. The lowest BCUT2D eigenvalue weighted by Gasteiger charge is -2.12. The molecule has 0 unspecified atom stereocenters. The minimum absolute atomic E-state index is 0.0144. The van der Waals surface area contributed by atoms with Gasteiger partial charge in [0, 0.05) is 5.69 Å². The molecule has 0 fully saturated rings. The number of hydrogen-bond acceptors (Lipinski definition) is 7. The van der Waals surface area contributed by atoms with Crippen LogP contribution in [0.25, 0.3) is 0 Å². The lowest BCUT2D eigenvalue weighted by Crippen LogP contribution is -2.31. The third kappa shape index (κ3) is 4.55. The highest BCUT2D eigenvalue weighted by Gasteiger charge is 2.33. The molecule has 1 aromatic carbocycles. The minimum Gasteiger partial charge on any atom is -0.470 e. The van der Waals surface area contributed by atoms with Gasteiger partial charge in [0.05, 0.1) is 12.3 Å². The first-order chi connectivity index (χ1) is 13.0. The van der Waals surface area contributed by atoms with Gasteiger partial charge in [-0.15, -0.1) is 0 Å². The first-order valence-corrected chi connectivity index (χ1v) is 8.27. The highest BCUT2D eigenvalue weighted by Crippen LogP contribution is 2.20. The molecule has 0 saturated carbocycles. The van der Waals surface area contributed by atoms with Crippen LogP contribution in [0.2, 0.25) is 0 Å². The fourth-order valence-electron chi connectivity index (χ4n) is 2.46. The number of amides is 1. The van der Waals surface area contributed by atoms with Crippen LogP contribution < -0.4 is 10.6 Å². The highest BCUT2D eigenvalue weighted by molar-refractivity contribution is 6.20. The van der Waals surface area contributed by atoms with Crippen molar-refractivity contribution in [2.75, 3.05) is 18.5 Å². The molecule has 3 rings (SSSR count). The largest absolute Gasteiger partial charge is 0.470 e. The van der Waals surface area contributed by atoms with Gasteiger partial charge < -0.3 is 24.5 Å². The van der Waals surface area contributed by atoms with E-state index in [1.165, 1.54) is 6.26 Å². The number of benzene rings is 1. The van der Waals surface area contributed by atoms with Crippen molar-refractivity contribution in [2.45, 2.75) is 13.0 Å². The number of rotatable bonds is 7. The molecule has 1 aromatic heterocycles. The Morgan fingerprint density at radius 2 is 1.96 bits per heavy atom. The summed E-state index contributed by atoms with van der Waals surface area (Å²) in [5, 5.41) is 5.50. The second-order valence-electron chi connectivity index (χ2n) is 5.79. The third-order valence-electron chi connectivity index (χ3n) is 3.77. The average Bonchev–Trinajstić information content (AvgIpc) is 3.31. The quantitative estimate of drug-likeness (QED) is 0.566. The Bertz CT molecular complexity index is 858. The monoisotopic (exact) mass is 370 g/mol. The fraction of sp³-hybridized carbons (Fsp3) is 0.211. The Morgan fingerprint density at radius 3 is 2.67 bits per heavy atom. The summed E-state index contributed by atoms with van der Waals surface area (Å²) in [7, 11) is 0. The van der Waals surface area contributed by atoms with Gasteiger partial charge in [-0.25, -0.2) is 4.79 Å². The molecule has 8 nitrogen and oxygen atoms in total. The maximum absolute atomic E-state index is 12.3. The van der Waals surface area contributed by atoms with E-state index in [-0.39, 0.29) is 24.1 Å². The summed E-state index contributed by atoms with van der Waals surface area (Å²) in [6, 6.07) is 12.0. The highest BCUT2D eigenvalue weighted by atomic mass is 16.5. The molecule has 0 bridgehead atoms. The molecule has 2 heterocycles. The van der Waals surface area contributed by atoms with Gasteiger partial charge in [0.25, 0.3) is 5.91 Å². The number of nitrogens with one attached hydrogen (secondary N) is 2. The van der Waals surface area contributed by atoms with Gasteiger partial charge in [0.15, 0.2) is 18.8 Å². The summed E-state index contributed by atoms with van der Waals surface area (Å²) in [5.74, 6) is -1.36. The summed E-state index contributed by atoms with van der Waals surface area (Å²) in [5.41, 5.74) is 0.406. The van der Waals surface area contributed by atoms with Crippen molar-refractivity contribution in [3.63, 3.8) is 0 Å². The standard InChI is InChI=1S/C19H18N2O6/c1-12(15-8-5-9-25-15)20-16(23)11-27-19(24)17-14(22)10-26-18(17)21-13-6-3-2-4-7-13/h2-9,12,21H,10-11H2,1H3,(H,20,23)/t12-/m0/s1. The Morgan fingerprint density at radius 1 is 1.19 bits per heavy atom. The molecule has 2 aromatic rings. The van der Waals surface area contributed by atoms with E-state index >= 15 is 0 Å². The molecular weight excluding hydrogens is 352 g/mol. The lowest BCUT2D eigenvalue weighted by molar-refractivity contribution is -0.145. The smallest absolute Gasteiger partial charge is 0.347 e. The maximum atomic E-state index is 12.3. The molecule has 1 aliphatic heterocycles. The summed E-state index contributed by atoms with van der Waals surface area (Å²) in [6.45, 7) is 0.942. The van der Waals surface area contributed by atoms with Crippen molar-refractivity contribution in [2.24, 2.45) is 0 Å². The van der Waals surface area contributed by atoms with Crippen LogP contribution in [-0.2, 0) is 23.9 Å². The molecule has 8 heteroatoms. The number of ether oxygens (including phenoxy) is 2. The van der Waals surface area contributed by atoms with E-state index in [1.54, 1.807) is 43.3 Å². The van der Waals surface area contributed by atoms with Crippen LogP contribution in [0.1, 0.15) is 18.7 Å². The molecule has 0 saturated heterocycles. The molecular formula is C19H18N2O6. The number of ketones is 1. The van der Waals surface area contributed by atoms with Crippen LogP contribution in [0.5, 0.6) is 0 Å². The van der Waals surface area contributed by atoms with Gasteiger partial charge in [0.2, 0.25) is 11.7 Å². The number of Topliss-reactive ketones (excluding diaryl/α,β-unsaturated/α-hetero) is 1. The van der Waals surface area contributed by atoms with E-state index in [0.717, 1.165) is 0 Å². The van der Waals surface area contributed by atoms with E-state index in [0.29, 0.717) is 11.4 Å². The van der Waals surface area contributed by atoms with Gasteiger partial charge in [-0.05, 0) is 31.2 Å². The van der Waals surface area contributed by atoms with Crippen LogP contribution in [0.3, 0.4) is 0 Å². The predicted molar refractivity (Wildman–Crippen MR) is 94.3 cm³/mol. The van der Waals surface area contributed by atoms with Crippen LogP contribution >= 0.6 is 0 Å². The average molecular weight is 370 g/mol. The number of hydrogen-bond donors (Lipinski definition) is 2. The van der Waals surface area contributed by atoms with Crippen LogP contribution in [0, 0.1) is 0 Å². The minimum atomic E-state index is -0.920. The van der Waals surface area contributed by atoms with Crippen LogP contribution in [0.15, 0.2) is 64.6 Å². The van der Waals surface area contributed by atoms with E-state index in [1.807, 2.05) is 6.07 Å². The van der Waals surface area contributed by atoms with E-state index in [4.69, 9.17) is 13.9 Å². The van der Waals surface area contributed by atoms with Gasteiger partial charge in [0.1, 0.15) is 5.76 Å². The molecule has 0 spiro atoms. The number of carbonyl (C=O) groups is 3. The van der Waals surface area contributed by atoms with Crippen LogP contribution in [0.4, 0.5) is 5.69 Å². The first kappa shape index (κ1) is 18.2. The van der Waals surface area contributed by atoms with Crippen molar-refractivity contribution in [1.82, 2.24) is 5.32 Å². The molecule has 2 N–H and O–H groups in total. The molecule has 1 amide bonds. The zero-order valence-electron chi connectivity index (χ0n) is 14.6. The Balaban J connectivity index is 1.59. The number of esters is 1. The van der Waals surface area contributed by atoms with E-state index < -0.39 is 24.3 Å².